The molecule has 0 bridgehead atoms. The van der Waals surface area contributed by atoms with Crippen LogP contribution in [0, 0.1) is 17.2 Å². The summed E-state index contributed by atoms with van der Waals surface area (Å²) < 4.78 is 38.4. The van der Waals surface area contributed by atoms with Crippen molar-refractivity contribution in [2.24, 2.45) is 5.92 Å². The van der Waals surface area contributed by atoms with Crippen molar-refractivity contribution < 1.29 is 22.7 Å². The normalized spacial score (nSPS) is 20.8. The molecule has 0 saturated heterocycles. The maximum Gasteiger partial charge on any atom is 0.316 e. The molecule has 29 heavy (non-hydrogen) atoms. The number of rotatable bonds is 10. The van der Waals surface area contributed by atoms with E-state index in [2.05, 4.69) is 11.6 Å². The van der Waals surface area contributed by atoms with Gasteiger partial charge < -0.3 is 9.47 Å². The Morgan fingerprint density at radius 2 is 1.93 bits per heavy atom. The summed E-state index contributed by atoms with van der Waals surface area (Å²) in [5, 5.41) is 9.80. The van der Waals surface area contributed by atoms with E-state index < -0.39 is 27.4 Å². The van der Waals surface area contributed by atoms with Gasteiger partial charge in [0.05, 0.1) is 24.7 Å². The van der Waals surface area contributed by atoms with Gasteiger partial charge in [-0.25, -0.2) is 8.42 Å². The number of unbranched alkanes of at least 4 members (excludes halogenated alkanes) is 3. The SMILES string of the molecule is CCCCCCOC(=O)C1C=CC=CC1(C#N)NS(=O)(=O)c1ccc(OC)cc1. The Morgan fingerprint density at radius 3 is 2.55 bits per heavy atom. The minimum absolute atomic E-state index is 0.0393. The zero-order valence-electron chi connectivity index (χ0n) is 16.6. The van der Waals surface area contributed by atoms with Crippen LogP contribution < -0.4 is 9.46 Å². The van der Waals surface area contributed by atoms with Gasteiger partial charge in [-0.05, 0) is 36.8 Å². The average Bonchev–Trinajstić information content (AvgIpc) is 2.73. The molecule has 1 aliphatic rings. The number of ether oxygens (including phenoxy) is 2. The third-order valence-electron chi connectivity index (χ3n) is 4.62. The van der Waals surface area contributed by atoms with Gasteiger partial charge in [0.2, 0.25) is 10.0 Å². The van der Waals surface area contributed by atoms with Crippen LogP contribution in [0.15, 0.2) is 53.5 Å². The van der Waals surface area contributed by atoms with Gasteiger partial charge >= 0.3 is 5.97 Å². The van der Waals surface area contributed by atoms with E-state index in [1.807, 2.05) is 6.07 Å². The first-order valence-corrected chi connectivity index (χ1v) is 11.0. The molecule has 0 heterocycles. The summed E-state index contributed by atoms with van der Waals surface area (Å²) >= 11 is 0. The molecular weight excluding hydrogens is 392 g/mol. The number of benzene rings is 1. The van der Waals surface area contributed by atoms with Crippen molar-refractivity contribution in [3.8, 4) is 11.8 Å². The van der Waals surface area contributed by atoms with E-state index >= 15 is 0 Å². The molecule has 7 nitrogen and oxygen atoms in total. The van der Waals surface area contributed by atoms with Crippen LogP contribution >= 0.6 is 0 Å². The monoisotopic (exact) mass is 418 g/mol. The van der Waals surface area contributed by atoms with E-state index in [4.69, 9.17) is 9.47 Å². The molecule has 0 spiro atoms. The first kappa shape index (κ1) is 22.7. The van der Waals surface area contributed by atoms with Crippen LogP contribution in [0.5, 0.6) is 5.75 Å². The topological polar surface area (TPSA) is 105 Å². The van der Waals surface area contributed by atoms with E-state index in [1.54, 1.807) is 6.08 Å². The quantitative estimate of drug-likeness (QED) is 0.462. The van der Waals surface area contributed by atoms with Crippen molar-refractivity contribution in [2.45, 2.75) is 43.0 Å². The van der Waals surface area contributed by atoms with E-state index in [0.29, 0.717) is 5.75 Å². The van der Waals surface area contributed by atoms with Crippen molar-refractivity contribution in [1.82, 2.24) is 4.72 Å². The Bertz CT molecular complexity index is 900. The maximum atomic E-state index is 12.9. The zero-order chi connectivity index (χ0) is 21.3. The van der Waals surface area contributed by atoms with E-state index in [0.717, 1.165) is 25.7 Å². The van der Waals surface area contributed by atoms with Crippen LogP contribution in [0.25, 0.3) is 0 Å². The third-order valence-corrected chi connectivity index (χ3v) is 6.12. The second-order valence-electron chi connectivity index (χ2n) is 6.71. The van der Waals surface area contributed by atoms with Crippen LogP contribution in [0.3, 0.4) is 0 Å². The van der Waals surface area contributed by atoms with Crippen molar-refractivity contribution >= 4 is 16.0 Å². The lowest BCUT2D eigenvalue weighted by atomic mass is 9.82. The first-order chi connectivity index (χ1) is 13.9. The first-order valence-electron chi connectivity index (χ1n) is 9.50. The summed E-state index contributed by atoms with van der Waals surface area (Å²) in [6, 6.07) is 7.71. The van der Waals surface area contributed by atoms with Crippen LogP contribution in [-0.2, 0) is 19.6 Å². The molecule has 1 aliphatic carbocycles. The Hall–Kier alpha value is -2.63. The van der Waals surface area contributed by atoms with Crippen molar-refractivity contribution in [2.75, 3.05) is 13.7 Å². The fourth-order valence-electron chi connectivity index (χ4n) is 2.96. The van der Waals surface area contributed by atoms with E-state index in [1.165, 1.54) is 49.6 Å². The largest absolute Gasteiger partial charge is 0.497 e. The van der Waals surface area contributed by atoms with Gasteiger partial charge in [0, 0.05) is 0 Å². The number of sulfonamides is 1. The molecule has 2 atom stereocenters. The molecule has 0 saturated carbocycles. The van der Waals surface area contributed by atoms with Crippen LogP contribution in [-0.4, -0.2) is 33.6 Å². The van der Waals surface area contributed by atoms with Crippen LogP contribution in [0.1, 0.15) is 32.6 Å². The number of methoxy groups -OCH3 is 1. The second kappa shape index (κ2) is 10.2. The lowest BCUT2D eigenvalue weighted by Crippen LogP contribution is -2.54. The van der Waals surface area contributed by atoms with Crippen LogP contribution in [0.4, 0.5) is 0 Å². The van der Waals surface area contributed by atoms with Crippen molar-refractivity contribution in [1.29, 1.82) is 5.26 Å². The Balaban J connectivity index is 2.19. The number of hydrogen-bond donors (Lipinski definition) is 1. The van der Waals surface area contributed by atoms with Gasteiger partial charge in [-0.1, -0.05) is 44.4 Å². The molecule has 1 N–H and O–H groups in total. The summed E-state index contributed by atoms with van der Waals surface area (Å²) in [6.45, 7) is 2.32. The average molecular weight is 419 g/mol. The third kappa shape index (κ3) is 5.68. The number of allylic oxidation sites excluding steroid dienone is 2. The number of hydrogen-bond acceptors (Lipinski definition) is 6. The molecule has 8 heteroatoms. The summed E-state index contributed by atoms with van der Waals surface area (Å²) in [5.74, 6) is -1.22. The van der Waals surface area contributed by atoms with Gasteiger partial charge in [0.15, 0.2) is 5.54 Å². The van der Waals surface area contributed by atoms with E-state index in [9.17, 15) is 18.5 Å². The number of carbonyl (C=O) groups excluding carboxylic acids is 1. The van der Waals surface area contributed by atoms with Crippen molar-refractivity contribution in [3.63, 3.8) is 0 Å². The Kier molecular flexibility index (Phi) is 8.00. The number of esters is 1. The number of nitriles is 1. The van der Waals surface area contributed by atoms with Gasteiger partial charge in [0.1, 0.15) is 11.7 Å². The van der Waals surface area contributed by atoms with Crippen molar-refractivity contribution in [3.05, 3.63) is 48.6 Å². The molecule has 1 aromatic carbocycles. The molecule has 0 aliphatic heterocycles. The maximum absolute atomic E-state index is 12.9. The molecule has 2 unspecified atom stereocenters. The standard InChI is InChI=1S/C21H26N2O5S/c1-3-4-5-8-15-28-20(24)19-9-6-7-14-21(19,16-22)23-29(25,26)18-12-10-17(27-2)11-13-18/h6-7,9-14,19,23H,3-5,8,15H2,1-2H3. The smallest absolute Gasteiger partial charge is 0.316 e. The highest BCUT2D eigenvalue weighted by molar-refractivity contribution is 7.89. The number of nitrogens with one attached hydrogen (secondary N) is 1. The summed E-state index contributed by atoms with van der Waals surface area (Å²) in [4.78, 5) is 12.6. The second-order valence-corrected chi connectivity index (χ2v) is 8.39. The van der Waals surface area contributed by atoms with Gasteiger partial charge in [-0.15, -0.1) is 0 Å². The predicted octanol–water partition coefficient (Wildman–Crippen LogP) is 3.10. The Labute approximate surface area is 172 Å². The summed E-state index contributed by atoms with van der Waals surface area (Å²) in [7, 11) is -2.60. The molecule has 156 valence electrons. The highest BCUT2D eigenvalue weighted by Gasteiger charge is 2.45. The summed E-state index contributed by atoms with van der Waals surface area (Å²) in [6.07, 6.45) is 9.76. The zero-order valence-corrected chi connectivity index (χ0v) is 17.4. The van der Waals surface area contributed by atoms with E-state index in [-0.39, 0.29) is 11.5 Å². The summed E-state index contributed by atoms with van der Waals surface area (Å²) in [5.41, 5.74) is -1.77. The minimum atomic E-state index is -4.08. The molecule has 0 aromatic heterocycles. The fraction of sp³-hybridized carbons (Fsp3) is 0.429. The molecule has 0 radical (unpaired) electrons. The highest BCUT2D eigenvalue weighted by Crippen LogP contribution is 2.28. The lowest BCUT2D eigenvalue weighted by Gasteiger charge is -2.31. The number of nitrogens with zero attached hydrogens (tertiary/aromatic N) is 1. The highest BCUT2D eigenvalue weighted by atomic mass is 32.2. The molecule has 0 fully saturated rings. The molecule has 1 aromatic rings. The minimum Gasteiger partial charge on any atom is -0.497 e. The Morgan fingerprint density at radius 1 is 1.21 bits per heavy atom. The molecule has 0 amide bonds. The molecule has 2 rings (SSSR count). The predicted molar refractivity (Wildman–Crippen MR) is 109 cm³/mol. The van der Waals surface area contributed by atoms with Gasteiger partial charge in [-0.2, -0.15) is 9.98 Å². The molecular formula is C21H26N2O5S. The lowest BCUT2D eigenvalue weighted by molar-refractivity contribution is -0.148. The number of carbonyl (C=O) groups is 1. The fourth-order valence-corrected chi connectivity index (χ4v) is 4.25. The van der Waals surface area contributed by atoms with Gasteiger partial charge in [0.25, 0.3) is 0 Å². The van der Waals surface area contributed by atoms with Gasteiger partial charge in [-0.3, -0.25) is 4.79 Å². The van der Waals surface area contributed by atoms with Crippen LogP contribution in [0.2, 0.25) is 0 Å².